The molecular formula is C15H15Cl2N5O3S. The summed E-state index contributed by atoms with van der Waals surface area (Å²) in [5, 5.41) is -0.0285. The van der Waals surface area contributed by atoms with Crippen LogP contribution in [0.2, 0.25) is 9.62 Å². The molecule has 3 rings (SSSR count). The molecule has 0 aromatic carbocycles. The first-order valence-corrected chi connectivity index (χ1v) is 9.08. The Bertz CT molecular complexity index is 1130. The fraction of sp³-hybridized carbons (Fsp3) is 0.333. The fourth-order valence-electron chi connectivity index (χ4n) is 2.58. The second kappa shape index (κ2) is 6.90. The molecule has 8 nitrogen and oxygen atoms in total. The van der Waals surface area contributed by atoms with Crippen molar-refractivity contribution < 1.29 is 4.79 Å². The van der Waals surface area contributed by atoms with Crippen LogP contribution >= 0.6 is 34.5 Å². The summed E-state index contributed by atoms with van der Waals surface area (Å²) in [6.07, 6.45) is 0. The summed E-state index contributed by atoms with van der Waals surface area (Å²) in [4.78, 5) is 43.6. The molecule has 0 aliphatic carbocycles. The van der Waals surface area contributed by atoms with Gasteiger partial charge in [0.2, 0.25) is 11.2 Å². The van der Waals surface area contributed by atoms with Crippen LogP contribution in [0.15, 0.2) is 21.7 Å². The Labute approximate surface area is 161 Å². The molecule has 0 spiro atoms. The molecule has 0 atom stereocenters. The first-order chi connectivity index (χ1) is 12.2. The third-order valence-corrected chi connectivity index (χ3v) is 5.55. The minimum atomic E-state index is -0.553. The average molecular weight is 416 g/mol. The van der Waals surface area contributed by atoms with Gasteiger partial charge in [-0.1, -0.05) is 11.6 Å². The molecule has 0 unspecified atom stereocenters. The Balaban J connectivity index is 1.96. The van der Waals surface area contributed by atoms with E-state index in [9.17, 15) is 14.4 Å². The SMILES string of the molecule is CN(Cc1ccc(Cl)s1)C(=O)Cn1c(Cl)nc2c1c(=O)n(C)c(=O)n2C. The van der Waals surface area contributed by atoms with Gasteiger partial charge >= 0.3 is 5.69 Å². The van der Waals surface area contributed by atoms with Crippen LogP contribution in [0.4, 0.5) is 0 Å². The third kappa shape index (κ3) is 3.17. The Morgan fingerprint density at radius 1 is 1.23 bits per heavy atom. The van der Waals surface area contributed by atoms with Crippen molar-refractivity contribution in [2.75, 3.05) is 7.05 Å². The van der Waals surface area contributed by atoms with Gasteiger partial charge in [-0.3, -0.25) is 23.3 Å². The number of nitrogens with zero attached hydrogens (tertiary/aromatic N) is 5. The third-order valence-electron chi connectivity index (χ3n) is 4.04. The van der Waals surface area contributed by atoms with Crippen molar-refractivity contribution in [3.8, 4) is 0 Å². The fourth-order valence-corrected chi connectivity index (χ4v) is 3.94. The quantitative estimate of drug-likeness (QED) is 0.603. The number of aromatic nitrogens is 4. The zero-order chi connectivity index (χ0) is 19.2. The molecule has 0 saturated carbocycles. The van der Waals surface area contributed by atoms with Crippen molar-refractivity contribution in [3.05, 3.63) is 47.5 Å². The molecule has 1 amide bonds. The molecule has 26 heavy (non-hydrogen) atoms. The van der Waals surface area contributed by atoms with Crippen molar-refractivity contribution in [2.45, 2.75) is 13.1 Å². The molecule has 11 heteroatoms. The van der Waals surface area contributed by atoms with Crippen molar-refractivity contribution in [1.29, 1.82) is 0 Å². The lowest BCUT2D eigenvalue weighted by Gasteiger charge is -2.17. The number of carbonyl (C=O) groups excluding carboxylic acids is 1. The molecule has 0 aliphatic heterocycles. The highest BCUT2D eigenvalue weighted by molar-refractivity contribution is 7.16. The van der Waals surface area contributed by atoms with Crippen molar-refractivity contribution in [3.63, 3.8) is 0 Å². The molecule has 0 fully saturated rings. The van der Waals surface area contributed by atoms with Gasteiger partial charge in [0.05, 0.1) is 10.9 Å². The summed E-state index contributed by atoms with van der Waals surface area (Å²) in [6.45, 7) is 0.218. The predicted octanol–water partition coefficient (Wildman–Crippen LogP) is 1.46. The highest BCUT2D eigenvalue weighted by Gasteiger charge is 2.21. The molecule has 0 N–H and O–H groups in total. The normalized spacial score (nSPS) is 11.3. The molecule has 3 aromatic heterocycles. The van der Waals surface area contributed by atoms with Crippen molar-refractivity contribution >= 4 is 51.6 Å². The minimum absolute atomic E-state index is 0.0285. The molecular weight excluding hydrogens is 401 g/mol. The van der Waals surface area contributed by atoms with E-state index < -0.39 is 11.2 Å². The lowest BCUT2D eigenvalue weighted by molar-refractivity contribution is -0.130. The number of amides is 1. The van der Waals surface area contributed by atoms with E-state index in [0.717, 1.165) is 9.44 Å². The summed E-state index contributed by atoms with van der Waals surface area (Å²) in [5.74, 6) is -0.258. The summed E-state index contributed by atoms with van der Waals surface area (Å²) in [6, 6.07) is 3.62. The van der Waals surface area contributed by atoms with Gasteiger partial charge in [0, 0.05) is 26.0 Å². The topological polar surface area (TPSA) is 82.1 Å². The first kappa shape index (κ1) is 18.7. The molecule has 0 saturated heterocycles. The van der Waals surface area contributed by atoms with Crippen LogP contribution in [0, 0.1) is 0 Å². The highest BCUT2D eigenvalue weighted by Crippen LogP contribution is 2.22. The van der Waals surface area contributed by atoms with E-state index in [2.05, 4.69) is 4.98 Å². The maximum Gasteiger partial charge on any atom is 0.332 e. The summed E-state index contributed by atoms with van der Waals surface area (Å²) in [5.41, 5.74) is -0.811. The molecule has 138 valence electrons. The number of aryl methyl sites for hydroxylation is 1. The average Bonchev–Trinajstić information content (AvgIpc) is 3.14. The standard InChI is InChI=1S/C15H15Cl2N5O3S/c1-19(6-8-4-5-9(16)26-8)10(23)7-22-11-12(18-14(22)17)20(2)15(25)21(3)13(11)24/h4-5H,6-7H2,1-3H3. The Morgan fingerprint density at radius 3 is 2.54 bits per heavy atom. The smallest absolute Gasteiger partial charge is 0.332 e. The zero-order valence-corrected chi connectivity index (χ0v) is 16.5. The Morgan fingerprint density at radius 2 is 1.92 bits per heavy atom. The molecule has 3 aromatic rings. The lowest BCUT2D eigenvalue weighted by atomic mass is 10.4. The molecule has 0 aliphatic rings. The number of thiophene rings is 1. The van der Waals surface area contributed by atoms with Crippen LogP contribution in [0.25, 0.3) is 11.2 Å². The lowest BCUT2D eigenvalue weighted by Crippen LogP contribution is -2.38. The van der Waals surface area contributed by atoms with E-state index in [4.69, 9.17) is 23.2 Å². The van der Waals surface area contributed by atoms with Gasteiger partial charge in [-0.15, -0.1) is 11.3 Å². The van der Waals surface area contributed by atoms with Crippen LogP contribution in [-0.4, -0.2) is 36.5 Å². The number of imidazole rings is 1. The van der Waals surface area contributed by atoms with Crippen LogP contribution in [0.1, 0.15) is 4.88 Å². The van der Waals surface area contributed by atoms with Gasteiger partial charge in [0.1, 0.15) is 6.54 Å². The number of hydrogen-bond donors (Lipinski definition) is 0. The monoisotopic (exact) mass is 415 g/mol. The van der Waals surface area contributed by atoms with Crippen LogP contribution in [0.5, 0.6) is 0 Å². The van der Waals surface area contributed by atoms with E-state index in [1.165, 1.54) is 39.5 Å². The predicted molar refractivity (Wildman–Crippen MR) is 101 cm³/mol. The Kier molecular flexibility index (Phi) is 4.96. The van der Waals surface area contributed by atoms with Crippen LogP contribution in [-0.2, 0) is 32.0 Å². The van der Waals surface area contributed by atoms with E-state index in [-0.39, 0.29) is 28.9 Å². The summed E-state index contributed by atoms with van der Waals surface area (Å²) in [7, 11) is 4.51. The minimum Gasteiger partial charge on any atom is -0.339 e. The van der Waals surface area contributed by atoms with E-state index in [0.29, 0.717) is 10.9 Å². The van der Waals surface area contributed by atoms with Gasteiger partial charge in [-0.05, 0) is 23.7 Å². The number of likely N-dealkylation sites (N-methyl/N-ethyl adjacent to an activating group) is 1. The van der Waals surface area contributed by atoms with Gasteiger partial charge < -0.3 is 4.90 Å². The molecule has 3 heterocycles. The van der Waals surface area contributed by atoms with E-state index in [1.54, 1.807) is 13.1 Å². The van der Waals surface area contributed by atoms with Gasteiger partial charge in [-0.2, -0.15) is 4.98 Å². The first-order valence-electron chi connectivity index (χ1n) is 7.50. The number of rotatable bonds is 4. The largest absolute Gasteiger partial charge is 0.339 e. The second-order valence-electron chi connectivity index (χ2n) is 5.80. The number of carbonyl (C=O) groups is 1. The summed E-state index contributed by atoms with van der Waals surface area (Å²) < 4.78 is 4.15. The van der Waals surface area contributed by atoms with Crippen molar-refractivity contribution in [1.82, 2.24) is 23.6 Å². The van der Waals surface area contributed by atoms with E-state index >= 15 is 0 Å². The maximum atomic E-state index is 12.6. The number of fused-ring (bicyclic) bond motifs is 1. The number of hydrogen-bond acceptors (Lipinski definition) is 5. The Hall–Kier alpha value is -2.10. The maximum absolute atomic E-state index is 12.6. The second-order valence-corrected chi connectivity index (χ2v) is 7.94. The zero-order valence-electron chi connectivity index (χ0n) is 14.2. The molecule has 0 bridgehead atoms. The van der Waals surface area contributed by atoms with Crippen LogP contribution < -0.4 is 11.2 Å². The van der Waals surface area contributed by atoms with E-state index in [1.807, 2.05) is 6.07 Å². The summed E-state index contributed by atoms with van der Waals surface area (Å²) >= 11 is 13.4. The van der Waals surface area contributed by atoms with Gasteiger partial charge in [0.25, 0.3) is 5.56 Å². The van der Waals surface area contributed by atoms with Gasteiger partial charge in [0.15, 0.2) is 11.2 Å². The number of halogens is 2. The van der Waals surface area contributed by atoms with Crippen LogP contribution in [0.3, 0.4) is 0 Å². The highest BCUT2D eigenvalue weighted by atomic mass is 35.5. The van der Waals surface area contributed by atoms with Crippen molar-refractivity contribution in [2.24, 2.45) is 14.1 Å². The molecule has 0 radical (unpaired) electrons. The van der Waals surface area contributed by atoms with Gasteiger partial charge in [-0.25, -0.2) is 4.79 Å².